The van der Waals surface area contributed by atoms with E-state index in [2.05, 4.69) is 5.32 Å². The first kappa shape index (κ1) is 18.0. The van der Waals surface area contributed by atoms with Crippen LogP contribution in [0.1, 0.15) is 27.9 Å². The van der Waals surface area contributed by atoms with Gasteiger partial charge in [-0.1, -0.05) is 53.6 Å². The number of ether oxygens (including phenoxy) is 1. The van der Waals surface area contributed by atoms with Crippen LogP contribution in [0.15, 0.2) is 48.5 Å². The molecular formula is C19H20ClNO3. The van der Waals surface area contributed by atoms with E-state index in [0.29, 0.717) is 23.4 Å². The topological polar surface area (TPSA) is 55.4 Å². The summed E-state index contributed by atoms with van der Waals surface area (Å²) in [6, 6.07) is 14.8. The van der Waals surface area contributed by atoms with Gasteiger partial charge in [0.25, 0.3) is 0 Å². The number of amides is 1. The maximum Gasteiger partial charge on any atom is 0.339 e. The van der Waals surface area contributed by atoms with E-state index in [1.54, 1.807) is 24.3 Å². The highest BCUT2D eigenvalue weighted by molar-refractivity contribution is 6.33. The van der Waals surface area contributed by atoms with Crippen LogP contribution in [-0.2, 0) is 16.0 Å². The van der Waals surface area contributed by atoms with Crippen molar-refractivity contribution in [3.05, 3.63) is 70.2 Å². The smallest absolute Gasteiger partial charge is 0.339 e. The minimum Gasteiger partial charge on any atom is -0.460 e. The molecule has 0 aliphatic heterocycles. The van der Waals surface area contributed by atoms with Crippen molar-refractivity contribution in [1.29, 1.82) is 0 Å². The predicted molar refractivity (Wildman–Crippen MR) is 94.2 cm³/mol. The zero-order valence-electron chi connectivity index (χ0n) is 13.5. The number of esters is 1. The molecule has 0 atom stereocenters. The minimum absolute atomic E-state index is 0.0654. The molecule has 24 heavy (non-hydrogen) atoms. The molecule has 0 fully saturated rings. The Hall–Kier alpha value is -2.33. The Balaban J connectivity index is 1.65. The summed E-state index contributed by atoms with van der Waals surface area (Å²) >= 11 is 5.92. The van der Waals surface area contributed by atoms with Gasteiger partial charge in [0.1, 0.15) is 6.61 Å². The summed E-state index contributed by atoms with van der Waals surface area (Å²) in [6.45, 7) is 2.42. The molecule has 2 aromatic rings. The summed E-state index contributed by atoms with van der Waals surface area (Å²) in [4.78, 5) is 23.6. The fourth-order valence-corrected chi connectivity index (χ4v) is 2.35. The molecule has 126 valence electrons. The summed E-state index contributed by atoms with van der Waals surface area (Å²) in [5.74, 6) is -0.557. The Morgan fingerprint density at radius 1 is 1.08 bits per heavy atom. The van der Waals surface area contributed by atoms with Crippen LogP contribution in [0.4, 0.5) is 0 Å². The van der Waals surface area contributed by atoms with Crippen LogP contribution in [0.2, 0.25) is 5.02 Å². The Morgan fingerprint density at radius 3 is 2.50 bits per heavy atom. The normalized spacial score (nSPS) is 10.2. The number of carbonyl (C=O) groups excluding carboxylic acids is 2. The van der Waals surface area contributed by atoms with Gasteiger partial charge in [-0.15, -0.1) is 0 Å². The lowest BCUT2D eigenvalue weighted by Gasteiger charge is -2.08. The monoisotopic (exact) mass is 345 g/mol. The number of carbonyl (C=O) groups is 2. The number of hydrogen-bond acceptors (Lipinski definition) is 3. The van der Waals surface area contributed by atoms with E-state index < -0.39 is 5.97 Å². The molecular weight excluding hydrogens is 326 g/mol. The van der Waals surface area contributed by atoms with Gasteiger partial charge in [-0.3, -0.25) is 4.79 Å². The van der Waals surface area contributed by atoms with Gasteiger partial charge in [-0.2, -0.15) is 0 Å². The van der Waals surface area contributed by atoms with Gasteiger partial charge >= 0.3 is 5.97 Å². The molecule has 0 saturated carbocycles. The molecule has 0 heterocycles. The second-order valence-corrected chi connectivity index (χ2v) is 5.86. The van der Waals surface area contributed by atoms with Gasteiger partial charge < -0.3 is 10.1 Å². The Kier molecular flexibility index (Phi) is 6.82. The Morgan fingerprint density at radius 2 is 1.79 bits per heavy atom. The fraction of sp³-hybridized carbons (Fsp3) is 0.263. The first-order valence-electron chi connectivity index (χ1n) is 7.80. The summed E-state index contributed by atoms with van der Waals surface area (Å²) in [5.41, 5.74) is 2.65. The second-order valence-electron chi connectivity index (χ2n) is 5.45. The number of benzene rings is 2. The van der Waals surface area contributed by atoms with Crippen molar-refractivity contribution in [2.75, 3.05) is 13.2 Å². The van der Waals surface area contributed by atoms with Crippen LogP contribution >= 0.6 is 11.6 Å². The van der Waals surface area contributed by atoms with Gasteiger partial charge in [0.2, 0.25) is 5.91 Å². The Labute approximate surface area is 146 Å². The first-order valence-corrected chi connectivity index (χ1v) is 8.18. The molecule has 2 aromatic carbocycles. The van der Waals surface area contributed by atoms with E-state index in [1.165, 1.54) is 5.56 Å². The van der Waals surface area contributed by atoms with Gasteiger partial charge in [-0.25, -0.2) is 4.79 Å². The molecule has 2 rings (SSSR count). The molecule has 0 aliphatic rings. The van der Waals surface area contributed by atoms with Crippen molar-refractivity contribution in [3.8, 4) is 0 Å². The lowest BCUT2D eigenvalue weighted by atomic mass is 10.1. The van der Waals surface area contributed by atoms with E-state index in [-0.39, 0.29) is 19.1 Å². The van der Waals surface area contributed by atoms with Crippen molar-refractivity contribution in [3.63, 3.8) is 0 Å². The number of halogens is 1. The molecule has 0 aromatic heterocycles. The molecule has 0 saturated heterocycles. The van der Waals surface area contributed by atoms with Gasteiger partial charge in [-0.05, 0) is 31.0 Å². The second kappa shape index (κ2) is 9.08. The average Bonchev–Trinajstić information content (AvgIpc) is 2.58. The van der Waals surface area contributed by atoms with E-state index >= 15 is 0 Å². The number of rotatable bonds is 7. The average molecular weight is 346 g/mol. The maximum atomic E-state index is 11.8. The molecule has 0 radical (unpaired) electrons. The summed E-state index contributed by atoms with van der Waals surface area (Å²) < 4.78 is 5.10. The van der Waals surface area contributed by atoms with Gasteiger partial charge in [0, 0.05) is 6.42 Å². The van der Waals surface area contributed by atoms with E-state index in [4.69, 9.17) is 16.3 Å². The standard InChI is InChI=1S/C19H20ClNO3/c1-14-6-8-15(9-7-14)10-11-18(22)21-12-13-24-19(23)16-4-2-3-5-17(16)20/h2-9H,10-13H2,1H3,(H,21,22). The lowest BCUT2D eigenvalue weighted by molar-refractivity contribution is -0.121. The Bertz CT molecular complexity index is 698. The quantitative estimate of drug-likeness (QED) is 0.616. The van der Waals surface area contributed by atoms with Gasteiger partial charge in [0.05, 0.1) is 17.1 Å². The van der Waals surface area contributed by atoms with Crippen LogP contribution in [0.25, 0.3) is 0 Å². The third-order valence-corrected chi connectivity index (χ3v) is 3.84. The molecule has 1 N–H and O–H groups in total. The number of hydrogen-bond donors (Lipinski definition) is 1. The minimum atomic E-state index is -0.491. The number of aryl methyl sites for hydroxylation is 2. The maximum absolute atomic E-state index is 11.8. The van der Waals surface area contributed by atoms with Crippen LogP contribution in [0.3, 0.4) is 0 Å². The molecule has 0 bridgehead atoms. The van der Waals surface area contributed by atoms with Crippen LogP contribution in [0.5, 0.6) is 0 Å². The number of nitrogens with one attached hydrogen (secondary N) is 1. The highest BCUT2D eigenvalue weighted by atomic mass is 35.5. The molecule has 1 amide bonds. The molecule has 0 spiro atoms. The van der Waals surface area contributed by atoms with Crippen molar-refractivity contribution in [2.24, 2.45) is 0 Å². The summed E-state index contributed by atoms with van der Waals surface area (Å²) in [7, 11) is 0. The zero-order chi connectivity index (χ0) is 17.4. The predicted octanol–water partition coefficient (Wildman–Crippen LogP) is 3.55. The highest BCUT2D eigenvalue weighted by Crippen LogP contribution is 2.15. The van der Waals surface area contributed by atoms with E-state index in [0.717, 1.165) is 5.56 Å². The largest absolute Gasteiger partial charge is 0.460 e. The molecule has 5 heteroatoms. The molecule has 0 unspecified atom stereocenters. The third-order valence-electron chi connectivity index (χ3n) is 3.51. The van der Waals surface area contributed by atoms with Gasteiger partial charge in [0.15, 0.2) is 0 Å². The van der Waals surface area contributed by atoms with Crippen LogP contribution < -0.4 is 5.32 Å². The van der Waals surface area contributed by atoms with Crippen LogP contribution in [-0.4, -0.2) is 25.0 Å². The molecule has 4 nitrogen and oxygen atoms in total. The third kappa shape index (κ3) is 5.70. The van der Waals surface area contributed by atoms with E-state index in [1.807, 2.05) is 31.2 Å². The zero-order valence-corrected chi connectivity index (χ0v) is 14.3. The van der Waals surface area contributed by atoms with E-state index in [9.17, 15) is 9.59 Å². The first-order chi connectivity index (χ1) is 11.6. The van der Waals surface area contributed by atoms with Crippen molar-refractivity contribution in [2.45, 2.75) is 19.8 Å². The molecule has 0 aliphatic carbocycles. The summed E-state index contributed by atoms with van der Waals surface area (Å²) in [6.07, 6.45) is 1.09. The van der Waals surface area contributed by atoms with Crippen molar-refractivity contribution >= 4 is 23.5 Å². The highest BCUT2D eigenvalue weighted by Gasteiger charge is 2.10. The van der Waals surface area contributed by atoms with Crippen molar-refractivity contribution in [1.82, 2.24) is 5.32 Å². The fourth-order valence-electron chi connectivity index (χ4n) is 2.14. The van der Waals surface area contributed by atoms with Crippen LogP contribution in [0, 0.1) is 6.92 Å². The lowest BCUT2D eigenvalue weighted by Crippen LogP contribution is -2.28. The van der Waals surface area contributed by atoms with Crippen molar-refractivity contribution < 1.29 is 14.3 Å². The summed E-state index contributed by atoms with van der Waals surface area (Å²) in [5, 5.41) is 3.09. The SMILES string of the molecule is Cc1ccc(CCC(=O)NCCOC(=O)c2ccccc2Cl)cc1.